The highest BCUT2D eigenvalue weighted by molar-refractivity contribution is 5.86. The molecule has 0 unspecified atom stereocenters. The van der Waals surface area contributed by atoms with Crippen LogP contribution >= 0.6 is 0 Å². The topological polar surface area (TPSA) is 59.3 Å². The van der Waals surface area contributed by atoms with Crippen LogP contribution in [-0.4, -0.2) is 12.1 Å². The predicted octanol–water partition coefficient (Wildman–Crippen LogP) is 1.99. The van der Waals surface area contributed by atoms with Gasteiger partial charge in [0.15, 0.2) is 0 Å². The number of carbonyl (C=O) groups is 1. The summed E-state index contributed by atoms with van der Waals surface area (Å²) in [7, 11) is 0. The van der Waals surface area contributed by atoms with E-state index in [-0.39, 0.29) is 17.6 Å². The van der Waals surface area contributed by atoms with Crippen molar-refractivity contribution in [3.63, 3.8) is 0 Å². The zero-order valence-electron chi connectivity index (χ0n) is 6.87. The summed E-state index contributed by atoms with van der Waals surface area (Å²) in [6.07, 6.45) is 0.759. The highest BCUT2D eigenvalue weighted by Gasteiger charge is 2.14. The zero-order valence-corrected chi connectivity index (χ0v) is 6.87. The van der Waals surface area contributed by atoms with E-state index in [0.717, 1.165) is 12.3 Å². The number of furan rings is 1. The van der Waals surface area contributed by atoms with Gasteiger partial charge in [-0.25, -0.2) is 4.79 Å². The molecule has 0 spiro atoms. The summed E-state index contributed by atoms with van der Waals surface area (Å²) in [6.45, 7) is 3.44. The Morgan fingerprint density at radius 3 is 2.67 bits per heavy atom. The second kappa shape index (κ2) is 3.30. The lowest BCUT2D eigenvalue weighted by atomic mass is 10.4. The average molecular weight is 169 g/mol. The van der Waals surface area contributed by atoms with E-state index in [4.69, 9.17) is 4.74 Å². The molecule has 1 aromatic rings. The number of hydrogen-bond donors (Lipinski definition) is 0. The first-order valence-corrected chi connectivity index (χ1v) is 3.56. The van der Waals surface area contributed by atoms with Crippen molar-refractivity contribution in [3.05, 3.63) is 18.1 Å². The quantitative estimate of drug-likeness (QED) is 0.636. The van der Waals surface area contributed by atoms with Gasteiger partial charge in [-0.2, -0.15) is 0 Å². The van der Waals surface area contributed by atoms with E-state index >= 15 is 0 Å². The van der Waals surface area contributed by atoms with Gasteiger partial charge in [-0.1, -0.05) is 0 Å². The van der Waals surface area contributed by atoms with Crippen LogP contribution in [-0.2, 0) is 9.84 Å². The third kappa shape index (κ3) is 2.02. The van der Waals surface area contributed by atoms with Crippen molar-refractivity contribution in [2.24, 2.45) is 0 Å². The Kier molecular flexibility index (Phi) is 2.38. The van der Waals surface area contributed by atoms with E-state index in [2.05, 4.69) is 4.42 Å². The Morgan fingerprint density at radius 1 is 1.58 bits per heavy atom. The van der Waals surface area contributed by atoms with Crippen LogP contribution in [0.1, 0.15) is 24.4 Å². The van der Waals surface area contributed by atoms with Gasteiger partial charge in [0.2, 0.25) is 11.5 Å². The van der Waals surface area contributed by atoms with Crippen LogP contribution in [0.4, 0.5) is 0 Å². The summed E-state index contributed by atoms with van der Waals surface area (Å²) in [5.41, 5.74) is 0. The molecule has 4 heteroatoms. The van der Waals surface area contributed by atoms with Gasteiger partial charge in [-0.3, -0.25) is 5.11 Å². The highest BCUT2D eigenvalue weighted by Crippen LogP contribution is 2.15. The Labute approximate surface area is 69.8 Å². The Morgan fingerprint density at radius 2 is 2.25 bits per heavy atom. The van der Waals surface area contributed by atoms with E-state index in [9.17, 15) is 9.90 Å². The van der Waals surface area contributed by atoms with Gasteiger partial charge in [0.25, 0.3) is 0 Å². The normalized spacial score (nSPS) is 10.2. The summed E-state index contributed by atoms with van der Waals surface area (Å²) in [5.74, 6) is -0.980. The molecule has 1 aromatic heterocycles. The monoisotopic (exact) mass is 169 g/mol. The van der Waals surface area contributed by atoms with Crippen molar-refractivity contribution < 1.29 is 19.1 Å². The molecule has 65 valence electrons. The first kappa shape index (κ1) is 8.64. The van der Waals surface area contributed by atoms with Crippen LogP contribution in [0.25, 0.3) is 0 Å². The van der Waals surface area contributed by atoms with Gasteiger partial charge in [-0.05, 0) is 13.8 Å². The molecule has 0 saturated carbocycles. The summed E-state index contributed by atoms with van der Waals surface area (Å²) in [6, 6.07) is 1.10. The maximum absolute atomic E-state index is 11.0. The van der Waals surface area contributed by atoms with Crippen molar-refractivity contribution in [3.8, 4) is 5.75 Å². The molecule has 0 aliphatic carbocycles. The first-order valence-electron chi connectivity index (χ1n) is 3.56. The first-order chi connectivity index (χ1) is 5.59. The van der Waals surface area contributed by atoms with Gasteiger partial charge in [0.1, 0.15) is 6.26 Å². The third-order valence-electron chi connectivity index (χ3n) is 1.12. The molecule has 0 saturated heterocycles. The molecule has 0 fully saturated rings. The molecule has 0 N–H and O–H groups in total. The van der Waals surface area contributed by atoms with Crippen LogP contribution in [0.15, 0.2) is 16.7 Å². The van der Waals surface area contributed by atoms with Crippen molar-refractivity contribution in [1.82, 2.24) is 0 Å². The van der Waals surface area contributed by atoms with Crippen molar-refractivity contribution in [1.29, 1.82) is 0 Å². The van der Waals surface area contributed by atoms with E-state index in [1.165, 1.54) is 0 Å². The summed E-state index contributed by atoms with van der Waals surface area (Å²) < 4.78 is 9.42. The Balaban J connectivity index is 2.65. The second-order valence-corrected chi connectivity index (χ2v) is 2.60. The van der Waals surface area contributed by atoms with E-state index in [1.807, 2.05) is 0 Å². The highest BCUT2D eigenvalue weighted by atomic mass is 16.6. The van der Waals surface area contributed by atoms with Crippen LogP contribution in [0.3, 0.4) is 0 Å². The number of carbonyl (C=O) groups excluding carboxylic acids is 1. The standard InChI is InChI=1S/C8H9O4/c1-5(2)12-8(10)7-3-6(9)4-11-7/h3-5H,1-2H3. The SMILES string of the molecule is CC(C)OC(=O)c1cc([O])co1. The molecule has 0 aromatic carbocycles. The maximum Gasteiger partial charge on any atom is 0.374 e. The van der Waals surface area contributed by atoms with Gasteiger partial charge in [-0.15, -0.1) is 0 Å². The molecular formula is C8H9O4. The summed E-state index contributed by atoms with van der Waals surface area (Å²) >= 11 is 0. The number of hydrogen-bond acceptors (Lipinski definition) is 3. The molecule has 1 rings (SSSR count). The lowest BCUT2D eigenvalue weighted by Crippen LogP contribution is -2.10. The van der Waals surface area contributed by atoms with Crippen molar-refractivity contribution in [2.45, 2.75) is 20.0 Å². The molecule has 4 nitrogen and oxygen atoms in total. The lowest BCUT2D eigenvalue weighted by molar-refractivity contribution is 0.0341. The van der Waals surface area contributed by atoms with Crippen LogP contribution in [0.2, 0.25) is 0 Å². The minimum absolute atomic E-state index is 0.0475. The maximum atomic E-state index is 11.0. The van der Waals surface area contributed by atoms with Gasteiger partial charge in [0.05, 0.1) is 6.10 Å². The molecule has 0 bridgehead atoms. The number of ether oxygens (including phenoxy) is 1. The lowest BCUT2D eigenvalue weighted by Gasteiger charge is -2.04. The average Bonchev–Trinajstić information content (AvgIpc) is 2.34. The van der Waals surface area contributed by atoms with E-state index in [1.54, 1.807) is 13.8 Å². The molecule has 1 radical (unpaired) electrons. The van der Waals surface area contributed by atoms with Gasteiger partial charge < -0.3 is 9.15 Å². The molecular weight excluding hydrogens is 160 g/mol. The van der Waals surface area contributed by atoms with E-state index in [0.29, 0.717) is 0 Å². The zero-order chi connectivity index (χ0) is 9.14. The number of rotatable bonds is 2. The van der Waals surface area contributed by atoms with E-state index < -0.39 is 5.97 Å². The summed E-state index contributed by atoms with van der Waals surface area (Å²) in [4.78, 5) is 11.0. The smallest absolute Gasteiger partial charge is 0.374 e. The van der Waals surface area contributed by atoms with Crippen molar-refractivity contribution >= 4 is 5.97 Å². The molecule has 1 heterocycles. The minimum Gasteiger partial charge on any atom is -0.457 e. The molecule has 0 aliphatic heterocycles. The summed E-state index contributed by atoms with van der Waals surface area (Å²) in [5, 5.41) is 10.6. The molecule has 0 aliphatic rings. The van der Waals surface area contributed by atoms with Crippen LogP contribution in [0.5, 0.6) is 5.75 Å². The molecule has 0 atom stereocenters. The van der Waals surface area contributed by atoms with Crippen LogP contribution < -0.4 is 0 Å². The predicted molar refractivity (Wildman–Crippen MR) is 39.4 cm³/mol. The molecule has 0 amide bonds. The fraction of sp³-hybridized carbons (Fsp3) is 0.375. The Bertz CT molecular complexity index is 274. The van der Waals surface area contributed by atoms with Crippen molar-refractivity contribution in [2.75, 3.05) is 0 Å². The minimum atomic E-state index is -0.605. The van der Waals surface area contributed by atoms with Gasteiger partial charge >= 0.3 is 5.97 Å². The largest absolute Gasteiger partial charge is 0.457 e. The van der Waals surface area contributed by atoms with Crippen LogP contribution in [0, 0.1) is 0 Å². The van der Waals surface area contributed by atoms with Gasteiger partial charge in [0, 0.05) is 6.07 Å². The fourth-order valence-electron chi connectivity index (χ4n) is 0.698. The molecule has 12 heavy (non-hydrogen) atoms. The number of esters is 1. The third-order valence-corrected chi connectivity index (χ3v) is 1.12. The fourth-order valence-corrected chi connectivity index (χ4v) is 0.698. The Hall–Kier alpha value is -1.45. The second-order valence-electron chi connectivity index (χ2n) is 2.60.